The number of aryl methyl sites for hydroxylation is 2. The zero-order chi connectivity index (χ0) is 17.1. The Labute approximate surface area is 141 Å². The fraction of sp³-hybridized carbons (Fsp3) is 0.150. The summed E-state index contributed by atoms with van der Waals surface area (Å²) in [5.41, 5.74) is 5.35. The molecule has 1 aliphatic heterocycles. The van der Waals surface area contributed by atoms with E-state index >= 15 is 0 Å². The van der Waals surface area contributed by atoms with Crippen LogP contribution in [0, 0.1) is 13.8 Å². The van der Waals surface area contributed by atoms with Crippen molar-refractivity contribution in [3.05, 3.63) is 77.4 Å². The van der Waals surface area contributed by atoms with Crippen LogP contribution in [0.1, 0.15) is 22.3 Å². The zero-order valence-electron chi connectivity index (χ0n) is 13.9. The molecule has 2 aromatic rings. The highest BCUT2D eigenvalue weighted by Gasteiger charge is 2.32. The Balaban J connectivity index is 1.93. The molecule has 0 aromatic heterocycles. The maximum Gasteiger partial charge on any atom is 0.279 e. The van der Waals surface area contributed by atoms with Gasteiger partial charge in [0, 0.05) is 12.1 Å². The number of para-hydroxylation sites is 1. The molecule has 1 heterocycles. The van der Waals surface area contributed by atoms with Crippen LogP contribution in [0.15, 0.2) is 65.3 Å². The Morgan fingerprint density at radius 3 is 2.71 bits per heavy atom. The summed E-state index contributed by atoms with van der Waals surface area (Å²) in [4.78, 5) is 14.2. The van der Waals surface area contributed by atoms with Crippen LogP contribution in [-0.4, -0.2) is 24.4 Å². The number of amides is 1. The van der Waals surface area contributed by atoms with Gasteiger partial charge in [0.05, 0.1) is 11.9 Å². The van der Waals surface area contributed by atoms with Crippen LogP contribution in [-0.2, 0) is 4.79 Å². The molecule has 4 heteroatoms. The number of fused-ring (bicyclic) bond motifs is 1. The third-order valence-electron chi connectivity index (χ3n) is 3.99. The number of anilines is 1. The molecule has 1 amide bonds. The van der Waals surface area contributed by atoms with Crippen molar-refractivity contribution in [3.63, 3.8) is 0 Å². The summed E-state index contributed by atoms with van der Waals surface area (Å²) in [6.07, 6.45) is 3.39. The molecule has 0 bridgehead atoms. The van der Waals surface area contributed by atoms with Crippen molar-refractivity contribution in [2.24, 2.45) is 10.2 Å². The molecular formula is C20H19N3O. The summed E-state index contributed by atoms with van der Waals surface area (Å²) in [5.74, 6) is -0.145. The average molecular weight is 317 g/mol. The van der Waals surface area contributed by atoms with Gasteiger partial charge in [0.1, 0.15) is 0 Å². The summed E-state index contributed by atoms with van der Waals surface area (Å²) in [6, 6.07) is 13.7. The van der Waals surface area contributed by atoms with Gasteiger partial charge in [-0.15, -0.1) is 11.7 Å². The summed E-state index contributed by atoms with van der Waals surface area (Å²) < 4.78 is 0. The van der Waals surface area contributed by atoms with Gasteiger partial charge in [-0.3, -0.25) is 4.79 Å². The van der Waals surface area contributed by atoms with Crippen molar-refractivity contribution >= 4 is 23.5 Å². The molecule has 0 fully saturated rings. The van der Waals surface area contributed by atoms with Gasteiger partial charge < -0.3 is 4.90 Å². The van der Waals surface area contributed by atoms with Crippen molar-refractivity contribution in [3.8, 4) is 0 Å². The van der Waals surface area contributed by atoms with E-state index in [4.69, 9.17) is 0 Å². The van der Waals surface area contributed by atoms with E-state index < -0.39 is 0 Å². The molecule has 0 saturated heterocycles. The molecule has 4 nitrogen and oxygen atoms in total. The maximum atomic E-state index is 12.6. The Kier molecular flexibility index (Phi) is 4.38. The van der Waals surface area contributed by atoms with Crippen LogP contribution in [0.3, 0.4) is 0 Å². The molecule has 0 saturated carbocycles. The highest BCUT2D eigenvalue weighted by molar-refractivity contribution is 6.54. The van der Waals surface area contributed by atoms with Crippen molar-refractivity contribution in [1.82, 2.24) is 0 Å². The Morgan fingerprint density at radius 2 is 1.96 bits per heavy atom. The van der Waals surface area contributed by atoms with E-state index in [1.165, 1.54) is 5.56 Å². The number of hydrogen-bond donors (Lipinski definition) is 0. The molecule has 2 aromatic carbocycles. The van der Waals surface area contributed by atoms with E-state index in [-0.39, 0.29) is 5.91 Å². The Bertz CT molecular complexity index is 865. The first kappa shape index (κ1) is 15.9. The molecule has 1 aliphatic rings. The molecule has 0 N–H and O–H groups in total. The van der Waals surface area contributed by atoms with Crippen LogP contribution in [0.4, 0.5) is 5.69 Å². The molecule has 0 atom stereocenters. The van der Waals surface area contributed by atoms with Gasteiger partial charge in [0.15, 0.2) is 5.71 Å². The zero-order valence-corrected chi connectivity index (χ0v) is 13.9. The van der Waals surface area contributed by atoms with E-state index in [1.807, 2.05) is 43.3 Å². The second-order valence-corrected chi connectivity index (χ2v) is 5.77. The summed E-state index contributed by atoms with van der Waals surface area (Å²) in [7, 11) is 0. The van der Waals surface area contributed by atoms with Crippen LogP contribution in [0.2, 0.25) is 0 Å². The number of benzene rings is 2. The van der Waals surface area contributed by atoms with Crippen molar-refractivity contribution in [2.45, 2.75) is 13.8 Å². The van der Waals surface area contributed by atoms with Gasteiger partial charge in [-0.05, 0) is 31.0 Å². The number of carbonyl (C=O) groups excluding carboxylic acids is 1. The minimum absolute atomic E-state index is 0.145. The Hall–Kier alpha value is -3.01. The molecule has 0 spiro atoms. The lowest BCUT2D eigenvalue weighted by Gasteiger charge is -2.13. The predicted molar refractivity (Wildman–Crippen MR) is 99.0 cm³/mol. The second-order valence-electron chi connectivity index (χ2n) is 5.77. The molecule has 0 radical (unpaired) electrons. The SMILES string of the molecule is C=CCN1C(=O)/C(=N\N=C/c2ccc(C)cc2C)c2ccccc21. The highest BCUT2D eigenvalue weighted by atomic mass is 16.2. The van der Waals surface area contributed by atoms with E-state index in [1.54, 1.807) is 17.2 Å². The van der Waals surface area contributed by atoms with Gasteiger partial charge in [0.25, 0.3) is 5.91 Å². The standard InChI is InChI=1S/C20H19N3O/c1-4-11-23-18-8-6-5-7-17(18)19(20(23)24)22-21-13-16-10-9-14(2)12-15(16)3/h4-10,12-13H,1,11H2,2-3H3/b21-13-,22-19-. The van der Waals surface area contributed by atoms with Gasteiger partial charge in [-0.1, -0.05) is 48.0 Å². The predicted octanol–water partition coefficient (Wildman–Crippen LogP) is 3.66. The first-order chi connectivity index (χ1) is 11.6. The molecule has 120 valence electrons. The minimum atomic E-state index is -0.145. The number of rotatable bonds is 4. The summed E-state index contributed by atoms with van der Waals surface area (Å²) in [6.45, 7) is 8.25. The van der Waals surface area contributed by atoms with Crippen LogP contribution in [0.5, 0.6) is 0 Å². The molecular weight excluding hydrogens is 298 g/mol. The van der Waals surface area contributed by atoms with Crippen LogP contribution >= 0.6 is 0 Å². The summed E-state index contributed by atoms with van der Waals surface area (Å²) in [5, 5.41) is 8.35. The molecule has 24 heavy (non-hydrogen) atoms. The topological polar surface area (TPSA) is 45.0 Å². The monoisotopic (exact) mass is 317 g/mol. The fourth-order valence-corrected chi connectivity index (χ4v) is 2.79. The lowest BCUT2D eigenvalue weighted by molar-refractivity contribution is -0.112. The molecule has 0 aliphatic carbocycles. The van der Waals surface area contributed by atoms with Gasteiger partial charge in [-0.25, -0.2) is 0 Å². The molecule has 0 unspecified atom stereocenters. The van der Waals surface area contributed by atoms with Gasteiger partial charge in [-0.2, -0.15) is 5.10 Å². The third-order valence-corrected chi connectivity index (χ3v) is 3.99. The smallest absolute Gasteiger partial charge is 0.279 e. The lowest BCUT2D eigenvalue weighted by atomic mass is 10.1. The van der Waals surface area contributed by atoms with Crippen molar-refractivity contribution < 1.29 is 4.79 Å². The summed E-state index contributed by atoms with van der Waals surface area (Å²) >= 11 is 0. The molecule has 3 rings (SSSR count). The average Bonchev–Trinajstić information content (AvgIpc) is 2.83. The highest BCUT2D eigenvalue weighted by Crippen LogP contribution is 2.28. The Morgan fingerprint density at radius 1 is 1.17 bits per heavy atom. The van der Waals surface area contributed by atoms with Crippen molar-refractivity contribution in [2.75, 3.05) is 11.4 Å². The van der Waals surface area contributed by atoms with E-state index in [2.05, 4.69) is 29.8 Å². The minimum Gasteiger partial charge on any atom is -0.302 e. The van der Waals surface area contributed by atoms with E-state index in [9.17, 15) is 4.79 Å². The first-order valence-corrected chi connectivity index (χ1v) is 7.82. The van der Waals surface area contributed by atoms with Gasteiger partial charge in [0.2, 0.25) is 0 Å². The number of carbonyl (C=O) groups is 1. The third kappa shape index (κ3) is 2.91. The quantitative estimate of drug-likeness (QED) is 0.482. The van der Waals surface area contributed by atoms with E-state index in [0.717, 1.165) is 22.4 Å². The fourth-order valence-electron chi connectivity index (χ4n) is 2.79. The van der Waals surface area contributed by atoms with Crippen LogP contribution < -0.4 is 4.90 Å². The number of nitrogens with zero attached hydrogens (tertiary/aromatic N) is 3. The van der Waals surface area contributed by atoms with Crippen molar-refractivity contribution in [1.29, 1.82) is 0 Å². The lowest BCUT2D eigenvalue weighted by Crippen LogP contribution is -2.30. The largest absolute Gasteiger partial charge is 0.302 e. The normalized spacial score (nSPS) is 15.3. The maximum absolute atomic E-state index is 12.6. The van der Waals surface area contributed by atoms with E-state index in [0.29, 0.717) is 12.3 Å². The van der Waals surface area contributed by atoms with Gasteiger partial charge >= 0.3 is 0 Å². The second kappa shape index (κ2) is 6.62. The number of hydrogen-bond acceptors (Lipinski definition) is 3. The van der Waals surface area contributed by atoms with Crippen LogP contribution in [0.25, 0.3) is 0 Å². The first-order valence-electron chi connectivity index (χ1n) is 7.82.